The zero-order chi connectivity index (χ0) is 23.0. The average Bonchev–Trinajstić information content (AvgIpc) is 3.06. The Morgan fingerprint density at radius 1 is 1.00 bits per heavy atom. The van der Waals surface area contributed by atoms with E-state index in [4.69, 9.17) is 4.74 Å². The van der Waals surface area contributed by atoms with Gasteiger partial charge in [-0.15, -0.1) is 0 Å². The van der Waals surface area contributed by atoms with Gasteiger partial charge >= 0.3 is 0 Å². The van der Waals surface area contributed by atoms with Gasteiger partial charge in [-0.3, -0.25) is 14.5 Å². The number of rotatable bonds is 4. The number of anilines is 1. The van der Waals surface area contributed by atoms with Gasteiger partial charge in [0.15, 0.2) is 0 Å². The molecule has 32 heavy (non-hydrogen) atoms. The third kappa shape index (κ3) is 3.64. The van der Waals surface area contributed by atoms with Crippen LogP contribution >= 0.6 is 0 Å². The first-order chi connectivity index (χ1) is 15.3. The highest BCUT2D eigenvalue weighted by Crippen LogP contribution is 2.42. The molecule has 1 amide bonds. The van der Waals surface area contributed by atoms with Crippen molar-refractivity contribution >= 4 is 23.1 Å². The second kappa shape index (κ2) is 8.30. The summed E-state index contributed by atoms with van der Waals surface area (Å²) in [5.74, 6) is -1.78. The van der Waals surface area contributed by atoms with Crippen LogP contribution in [0.25, 0.3) is 5.76 Å². The Labute approximate surface area is 185 Å². The molecular formula is C26H22FNO4. The predicted molar refractivity (Wildman–Crippen MR) is 120 cm³/mol. The van der Waals surface area contributed by atoms with Crippen molar-refractivity contribution in [1.82, 2.24) is 0 Å². The fourth-order valence-corrected chi connectivity index (χ4v) is 3.88. The quantitative estimate of drug-likeness (QED) is 0.356. The predicted octanol–water partition coefficient (Wildman–Crippen LogP) is 5.08. The molecule has 3 aromatic rings. The van der Waals surface area contributed by atoms with Crippen LogP contribution in [0.5, 0.6) is 5.75 Å². The van der Waals surface area contributed by atoms with Crippen molar-refractivity contribution in [3.05, 3.63) is 100 Å². The molecule has 0 aromatic heterocycles. The number of hydrogen-bond donors (Lipinski definition) is 1. The summed E-state index contributed by atoms with van der Waals surface area (Å²) in [5, 5.41) is 11.1. The van der Waals surface area contributed by atoms with Gasteiger partial charge < -0.3 is 9.84 Å². The highest BCUT2D eigenvalue weighted by Gasteiger charge is 2.47. The van der Waals surface area contributed by atoms with Gasteiger partial charge in [0.25, 0.3) is 11.7 Å². The van der Waals surface area contributed by atoms with E-state index in [1.165, 1.54) is 30.2 Å². The van der Waals surface area contributed by atoms with Crippen LogP contribution in [0.2, 0.25) is 0 Å². The summed E-state index contributed by atoms with van der Waals surface area (Å²) in [5.41, 5.74) is 2.66. The number of aliphatic hydroxyl groups excluding tert-OH is 1. The first-order valence-electron chi connectivity index (χ1n) is 10.1. The van der Waals surface area contributed by atoms with Gasteiger partial charge in [-0.25, -0.2) is 4.39 Å². The number of hydrogen-bond acceptors (Lipinski definition) is 4. The lowest BCUT2D eigenvalue weighted by molar-refractivity contribution is -0.132. The number of benzene rings is 3. The maximum Gasteiger partial charge on any atom is 0.300 e. The van der Waals surface area contributed by atoms with E-state index in [1.807, 2.05) is 19.1 Å². The Morgan fingerprint density at radius 2 is 1.72 bits per heavy atom. The van der Waals surface area contributed by atoms with Gasteiger partial charge in [0.1, 0.15) is 17.3 Å². The van der Waals surface area contributed by atoms with Gasteiger partial charge in [-0.05, 0) is 67.4 Å². The molecule has 1 N–H and O–H groups in total. The van der Waals surface area contributed by atoms with Crippen LogP contribution in [0.4, 0.5) is 10.1 Å². The molecule has 0 radical (unpaired) electrons. The van der Waals surface area contributed by atoms with Crippen LogP contribution < -0.4 is 9.64 Å². The number of ether oxygens (including phenoxy) is 1. The molecule has 1 unspecified atom stereocenters. The molecule has 5 nitrogen and oxygen atoms in total. The second-order valence-corrected chi connectivity index (χ2v) is 7.75. The summed E-state index contributed by atoms with van der Waals surface area (Å²) in [4.78, 5) is 27.7. The molecule has 1 atom stereocenters. The SMILES string of the molecule is COc1cccc(C2/C(=C(/O)c3ccc(F)c(C)c3)C(=O)C(=O)N2c2ccc(C)cc2)c1. The van der Waals surface area contributed by atoms with E-state index in [1.54, 1.807) is 43.3 Å². The average molecular weight is 431 g/mol. The van der Waals surface area contributed by atoms with E-state index >= 15 is 0 Å². The molecule has 0 aliphatic carbocycles. The Bertz CT molecular complexity index is 1250. The number of amides is 1. The Kier molecular flexibility index (Phi) is 5.53. The molecule has 4 rings (SSSR count). The van der Waals surface area contributed by atoms with Crippen LogP contribution in [0, 0.1) is 19.7 Å². The highest BCUT2D eigenvalue weighted by molar-refractivity contribution is 6.51. The molecule has 162 valence electrons. The first kappa shape index (κ1) is 21.3. The van der Waals surface area contributed by atoms with E-state index in [0.29, 0.717) is 22.6 Å². The largest absolute Gasteiger partial charge is 0.507 e. The molecule has 6 heteroatoms. The first-order valence-corrected chi connectivity index (χ1v) is 10.1. The van der Waals surface area contributed by atoms with Crippen molar-refractivity contribution in [3.63, 3.8) is 0 Å². The fraction of sp³-hybridized carbons (Fsp3) is 0.154. The number of halogens is 1. The molecular weight excluding hydrogens is 409 g/mol. The minimum absolute atomic E-state index is 0.0603. The fourth-order valence-electron chi connectivity index (χ4n) is 3.88. The molecule has 1 aliphatic rings. The number of methoxy groups -OCH3 is 1. The topological polar surface area (TPSA) is 66.8 Å². The lowest BCUT2D eigenvalue weighted by Gasteiger charge is -2.26. The number of carbonyl (C=O) groups excluding carboxylic acids is 2. The van der Waals surface area contributed by atoms with E-state index in [2.05, 4.69) is 0 Å². The molecule has 3 aromatic carbocycles. The third-order valence-electron chi connectivity index (χ3n) is 5.60. The molecule has 0 bridgehead atoms. The highest BCUT2D eigenvalue weighted by atomic mass is 19.1. The lowest BCUT2D eigenvalue weighted by atomic mass is 9.94. The summed E-state index contributed by atoms with van der Waals surface area (Å²) in [7, 11) is 1.53. The van der Waals surface area contributed by atoms with Gasteiger partial charge in [0, 0.05) is 11.3 Å². The summed E-state index contributed by atoms with van der Waals surface area (Å²) >= 11 is 0. The number of Topliss-reactive ketones (excluding diaryl/α,β-unsaturated/α-hetero) is 1. The van der Waals surface area contributed by atoms with Crippen molar-refractivity contribution in [2.45, 2.75) is 19.9 Å². The minimum Gasteiger partial charge on any atom is -0.507 e. The van der Waals surface area contributed by atoms with Gasteiger partial charge in [-0.2, -0.15) is 0 Å². The summed E-state index contributed by atoms with van der Waals surface area (Å²) in [6.07, 6.45) is 0. The lowest BCUT2D eigenvalue weighted by Crippen LogP contribution is -2.29. The second-order valence-electron chi connectivity index (χ2n) is 7.75. The Morgan fingerprint density at radius 3 is 2.38 bits per heavy atom. The van der Waals surface area contributed by atoms with Crippen LogP contribution in [0.3, 0.4) is 0 Å². The molecule has 1 aliphatic heterocycles. The third-order valence-corrected chi connectivity index (χ3v) is 5.60. The van der Waals surface area contributed by atoms with Crippen LogP contribution in [-0.4, -0.2) is 23.9 Å². The van der Waals surface area contributed by atoms with E-state index in [9.17, 15) is 19.1 Å². The van der Waals surface area contributed by atoms with Crippen molar-refractivity contribution in [2.75, 3.05) is 12.0 Å². The van der Waals surface area contributed by atoms with E-state index in [-0.39, 0.29) is 16.9 Å². The summed E-state index contributed by atoms with van der Waals surface area (Å²) < 4.78 is 19.1. The van der Waals surface area contributed by atoms with Crippen molar-refractivity contribution in [3.8, 4) is 5.75 Å². The standard InChI is InChI=1S/C26H22FNO4/c1-15-7-10-19(11-8-15)28-23(17-5-4-6-20(14-17)32-3)22(25(30)26(28)31)24(29)18-9-12-21(27)16(2)13-18/h4-14,23,29H,1-3H3/b24-22-. The minimum atomic E-state index is -0.877. The van der Waals surface area contributed by atoms with Crippen LogP contribution in [-0.2, 0) is 9.59 Å². The van der Waals surface area contributed by atoms with Crippen LogP contribution in [0.1, 0.15) is 28.3 Å². The Hall–Kier alpha value is -3.93. The Balaban J connectivity index is 1.96. The summed E-state index contributed by atoms with van der Waals surface area (Å²) in [6, 6.07) is 17.4. The van der Waals surface area contributed by atoms with Crippen molar-refractivity contribution in [2.24, 2.45) is 0 Å². The number of nitrogens with zero attached hydrogens (tertiary/aromatic N) is 1. The smallest absolute Gasteiger partial charge is 0.300 e. The summed E-state index contributed by atoms with van der Waals surface area (Å²) in [6.45, 7) is 3.49. The molecule has 0 spiro atoms. The zero-order valence-corrected chi connectivity index (χ0v) is 17.9. The van der Waals surface area contributed by atoms with Gasteiger partial charge in [0.05, 0.1) is 18.7 Å². The number of ketones is 1. The van der Waals surface area contributed by atoms with Gasteiger partial charge in [-0.1, -0.05) is 29.8 Å². The van der Waals surface area contributed by atoms with Crippen molar-refractivity contribution in [1.29, 1.82) is 0 Å². The van der Waals surface area contributed by atoms with Crippen molar-refractivity contribution < 1.29 is 23.8 Å². The normalized spacial score (nSPS) is 17.6. The monoisotopic (exact) mass is 431 g/mol. The molecule has 1 fully saturated rings. The zero-order valence-electron chi connectivity index (χ0n) is 17.9. The maximum absolute atomic E-state index is 13.8. The van der Waals surface area contributed by atoms with E-state index in [0.717, 1.165) is 5.56 Å². The maximum atomic E-state index is 13.8. The number of aryl methyl sites for hydroxylation is 2. The van der Waals surface area contributed by atoms with Gasteiger partial charge in [0.2, 0.25) is 0 Å². The molecule has 0 saturated carbocycles. The number of aliphatic hydroxyl groups is 1. The van der Waals surface area contributed by atoms with Crippen LogP contribution in [0.15, 0.2) is 72.3 Å². The number of carbonyl (C=O) groups is 2. The van der Waals surface area contributed by atoms with E-state index < -0.39 is 23.5 Å². The molecule has 1 saturated heterocycles. The molecule has 1 heterocycles.